The quantitative estimate of drug-likeness (QED) is 0.117. The van der Waals surface area contributed by atoms with Crippen LogP contribution in [0, 0.1) is 23.7 Å². The third kappa shape index (κ3) is 16.0. The third-order valence-electron chi connectivity index (χ3n) is 8.90. The molecular weight excluding hydrogens is 627 g/mol. The SMILES string of the molecule is CCCCNC(=O)C(CC(O)C(N)CC(CNC(=O)c1ccc(CN2CCCC2)cc1OCCCCOC)C(C)C)C(C)C.Cl.Cl. The van der Waals surface area contributed by atoms with E-state index in [4.69, 9.17) is 15.2 Å². The fourth-order valence-corrected chi connectivity index (χ4v) is 5.75. The molecule has 1 aromatic carbocycles. The number of hydrogen-bond acceptors (Lipinski definition) is 7. The molecular formula is C35H64Cl2N4O5. The molecule has 11 heteroatoms. The molecule has 0 spiro atoms. The lowest BCUT2D eigenvalue weighted by Crippen LogP contribution is -2.44. The number of nitrogens with zero attached hydrogens (tertiary/aromatic N) is 1. The van der Waals surface area contributed by atoms with E-state index in [1.807, 2.05) is 32.0 Å². The number of nitrogens with two attached hydrogens (primary N) is 1. The number of benzene rings is 1. The van der Waals surface area contributed by atoms with Gasteiger partial charge in [-0.2, -0.15) is 0 Å². The van der Waals surface area contributed by atoms with Gasteiger partial charge in [0.1, 0.15) is 5.75 Å². The lowest BCUT2D eigenvalue weighted by molar-refractivity contribution is -0.127. The smallest absolute Gasteiger partial charge is 0.255 e. The van der Waals surface area contributed by atoms with Gasteiger partial charge in [0.05, 0.1) is 18.3 Å². The van der Waals surface area contributed by atoms with Crippen molar-refractivity contribution in [3.8, 4) is 5.75 Å². The topological polar surface area (TPSA) is 126 Å². The molecule has 0 bridgehead atoms. The summed E-state index contributed by atoms with van der Waals surface area (Å²) in [5.74, 6) is 0.520. The minimum Gasteiger partial charge on any atom is -0.493 e. The zero-order valence-electron chi connectivity index (χ0n) is 29.2. The molecule has 268 valence electrons. The Hall–Kier alpha value is -1.62. The number of nitrogens with one attached hydrogen (secondary N) is 2. The first kappa shape index (κ1) is 44.4. The monoisotopic (exact) mass is 690 g/mol. The predicted molar refractivity (Wildman–Crippen MR) is 192 cm³/mol. The average Bonchev–Trinajstić information content (AvgIpc) is 3.50. The number of rotatable bonds is 22. The number of carbonyl (C=O) groups is 2. The summed E-state index contributed by atoms with van der Waals surface area (Å²) in [5.41, 5.74) is 8.19. The highest BCUT2D eigenvalue weighted by Gasteiger charge is 2.30. The first-order valence-corrected chi connectivity index (χ1v) is 17.0. The maximum absolute atomic E-state index is 13.5. The number of methoxy groups -OCH3 is 1. The number of likely N-dealkylation sites (tertiary alicyclic amines) is 1. The Kier molecular flexibility index (Phi) is 23.6. The fraction of sp³-hybridized carbons (Fsp3) is 0.771. The first-order valence-electron chi connectivity index (χ1n) is 17.0. The Bertz CT molecular complexity index is 978. The van der Waals surface area contributed by atoms with Gasteiger partial charge < -0.3 is 30.9 Å². The summed E-state index contributed by atoms with van der Waals surface area (Å²) in [6.07, 6.45) is 6.21. The first-order chi connectivity index (χ1) is 21.1. The van der Waals surface area contributed by atoms with Crippen LogP contribution in [0.25, 0.3) is 0 Å². The molecule has 46 heavy (non-hydrogen) atoms. The van der Waals surface area contributed by atoms with Crippen molar-refractivity contribution < 1.29 is 24.2 Å². The van der Waals surface area contributed by atoms with Crippen molar-refractivity contribution >= 4 is 36.6 Å². The Labute approximate surface area is 291 Å². The second kappa shape index (κ2) is 24.5. The molecule has 1 aromatic rings. The van der Waals surface area contributed by atoms with Gasteiger partial charge in [-0.3, -0.25) is 14.5 Å². The minimum absolute atomic E-state index is 0. The number of hydrogen-bond donors (Lipinski definition) is 4. The van der Waals surface area contributed by atoms with Gasteiger partial charge in [-0.25, -0.2) is 0 Å². The van der Waals surface area contributed by atoms with Crippen LogP contribution in [0.3, 0.4) is 0 Å². The summed E-state index contributed by atoms with van der Waals surface area (Å²) in [4.78, 5) is 28.7. The number of unbranched alkanes of at least 4 members (excludes halogenated alkanes) is 2. The summed E-state index contributed by atoms with van der Waals surface area (Å²) in [7, 11) is 1.69. The van der Waals surface area contributed by atoms with Crippen LogP contribution in [-0.4, -0.2) is 80.5 Å². The lowest BCUT2D eigenvalue weighted by Gasteiger charge is -2.30. The molecule has 4 unspecified atom stereocenters. The van der Waals surface area contributed by atoms with Crippen LogP contribution in [0.5, 0.6) is 5.75 Å². The molecule has 1 saturated heterocycles. The van der Waals surface area contributed by atoms with Gasteiger partial charge >= 0.3 is 0 Å². The Morgan fingerprint density at radius 2 is 1.65 bits per heavy atom. The Morgan fingerprint density at radius 1 is 0.978 bits per heavy atom. The Morgan fingerprint density at radius 3 is 2.26 bits per heavy atom. The highest BCUT2D eigenvalue weighted by atomic mass is 35.5. The van der Waals surface area contributed by atoms with Gasteiger partial charge in [0.25, 0.3) is 5.91 Å². The highest BCUT2D eigenvalue weighted by molar-refractivity contribution is 5.97. The summed E-state index contributed by atoms with van der Waals surface area (Å²) in [6, 6.07) is 5.42. The second-order valence-corrected chi connectivity index (χ2v) is 13.3. The van der Waals surface area contributed by atoms with Crippen molar-refractivity contribution in [2.24, 2.45) is 29.4 Å². The normalized spacial score (nSPS) is 15.9. The van der Waals surface area contributed by atoms with Gasteiger partial charge in [0.2, 0.25) is 5.91 Å². The van der Waals surface area contributed by atoms with E-state index in [1.165, 1.54) is 12.8 Å². The molecule has 0 aliphatic carbocycles. The lowest BCUT2D eigenvalue weighted by atomic mass is 9.83. The molecule has 0 saturated carbocycles. The van der Waals surface area contributed by atoms with Crippen molar-refractivity contribution in [2.45, 2.75) is 105 Å². The van der Waals surface area contributed by atoms with Crippen LogP contribution < -0.4 is 21.1 Å². The summed E-state index contributed by atoms with van der Waals surface area (Å²) in [5, 5.41) is 17.2. The zero-order valence-corrected chi connectivity index (χ0v) is 30.9. The fourth-order valence-electron chi connectivity index (χ4n) is 5.75. The van der Waals surface area contributed by atoms with Gasteiger partial charge in [-0.1, -0.05) is 47.1 Å². The van der Waals surface area contributed by atoms with Gasteiger partial charge in [0.15, 0.2) is 0 Å². The van der Waals surface area contributed by atoms with Crippen LogP contribution in [0.4, 0.5) is 0 Å². The predicted octanol–water partition coefficient (Wildman–Crippen LogP) is 5.59. The largest absolute Gasteiger partial charge is 0.493 e. The van der Waals surface area contributed by atoms with E-state index in [9.17, 15) is 14.7 Å². The molecule has 1 aliphatic heterocycles. The van der Waals surface area contributed by atoms with Crippen LogP contribution >= 0.6 is 24.8 Å². The molecule has 2 amide bonds. The van der Waals surface area contributed by atoms with Crippen LogP contribution in [0.15, 0.2) is 18.2 Å². The zero-order chi connectivity index (χ0) is 32.5. The van der Waals surface area contributed by atoms with Crippen molar-refractivity contribution in [3.63, 3.8) is 0 Å². The third-order valence-corrected chi connectivity index (χ3v) is 8.90. The van der Waals surface area contributed by atoms with E-state index in [1.54, 1.807) is 7.11 Å². The van der Waals surface area contributed by atoms with E-state index >= 15 is 0 Å². The molecule has 0 radical (unpaired) electrons. The van der Waals surface area contributed by atoms with Crippen LogP contribution in [0.1, 0.15) is 102 Å². The van der Waals surface area contributed by atoms with E-state index in [-0.39, 0.29) is 60.3 Å². The maximum Gasteiger partial charge on any atom is 0.255 e. The van der Waals surface area contributed by atoms with Crippen molar-refractivity contribution in [3.05, 3.63) is 29.3 Å². The van der Waals surface area contributed by atoms with Crippen molar-refractivity contribution in [1.29, 1.82) is 0 Å². The molecule has 1 aliphatic rings. The van der Waals surface area contributed by atoms with Crippen LogP contribution in [0.2, 0.25) is 0 Å². The number of aliphatic hydroxyl groups excluding tert-OH is 1. The summed E-state index contributed by atoms with van der Waals surface area (Å²) >= 11 is 0. The van der Waals surface area contributed by atoms with Crippen molar-refractivity contribution in [1.82, 2.24) is 15.5 Å². The van der Waals surface area contributed by atoms with Gasteiger partial charge in [0, 0.05) is 45.3 Å². The van der Waals surface area contributed by atoms with Gasteiger partial charge in [-0.05, 0) is 93.5 Å². The molecule has 2 rings (SSSR count). The standard InChI is InChI=1S/C35H62N4O5.2ClH/c1-7-8-15-37-35(42)30(26(4)5)22-32(40)31(36)21-28(25(2)3)23-38-34(41)29-14-13-27(24-39-16-9-10-17-39)20-33(29)44-19-12-11-18-43-6;;/h13-14,20,25-26,28,30-32,40H,7-12,15-19,21-24,36H2,1-6H3,(H,37,42)(H,38,41);2*1H. The number of halogens is 2. The van der Waals surface area contributed by atoms with E-state index in [0.29, 0.717) is 50.5 Å². The number of ether oxygens (including phenoxy) is 2. The van der Waals surface area contributed by atoms with Gasteiger partial charge in [-0.15, -0.1) is 24.8 Å². The van der Waals surface area contributed by atoms with Crippen LogP contribution in [-0.2, 0) is 16.1 Å². The number of aliphatic hydroxyl groups is 1. The summed E-state index contributed by atoms with van der Waals surface area (Å²) in [6.45, 7) is 15.7. The molecule has 1 heterocycles. The molecule has 4 atom stereocenters. The number of carbonyl (C=O) groups excluding carboxylic acids is 2. The van der Waals surface area contributed by atoms with E-state index in [0.717, 1.165) is 50.9 Å². The summed E-state index contributed by atoms with van der Waals surface area (Å²) < 4.78 is 11.3. The van der Waals surface area contributed by atoms with E-state index in [2.05, 4.69) is 36.3 Å². The molecule has 5 N–H and O–H groups in total. The maximum atomic E-state index is 13.5. The van der Waals surface area contributed by atoms with E-state index < -0.39 is 12.1 Å². The average molecular weight is 692 g/mol. The van der Waals surface area contributed by atoms with Crippen molar-refractivity contribution in [2.75, 3.05) is 46.5 Å². The number of amides is 2. The molecule has 0 aromatic heterocycles. The minimum atomic E-state index is -0.808. The molecule has 9 nitrogen and oxygen atoms in total. The Balaban J connectivity index is 0.0000101. The second-order valence-electron chi connectivity index (χ2n) is 13.3. The molecule has 1 fully saturated rings. The highest BCUT2D eigenvalue weighted by Crippen LogP contribution is 2.25.